The van der Waals surface area contributed by atoms with E-state index < -0.39 is 15.9 Å². The number of benzene rings is 2. The molecule has 0 saturated carbocycles. The molecule has 0 bridgehead atoms. The fraction of sp³-hybridized carbons (Fsp3) is 0.235. The molecule has 0 spiro atoms. The number of nitrogens with zero attached hydrogens (tertiary/aromatic N) is 2. The normalized spacial score (nSPS) is 11.5. The van der Waals surface area contributed by atoms with E-state index >= 15 is 0 Å². The molecule has 0 fully saturated rings. The Morgan fingerprint density at radius 2 is 1.69 bits per heavy atom. The summed E-state index contributed by atoms with van der Waals surface area (Å²) in [5, 5.41) is 0.278. The minimum Gasteiger partial charge on any atom is -0.497 e. The summed E-state index contributed by atoms with van der Waals surface area (Å²) < 4.78 is 31.4. The third kappa shape index (κ3) is 4.48. The molecule has 2 aromatic carbocycles. The SMILES string of the molecule is COc1ccc(N(C)C(=O)CN(C)S(=O)(=O)c2cc(Cl)ccc2Cl)cc1. The Kier molecular flexibility index (Phi) is 6.52. The molecule has 140 valence electrons. The Hall–Kier alpha value is -1.80. The molecule has 6 nitrogen and oxygen atoms in total. The Morgan fingerprint density at radius 3 is 2.27 bits per heavy atom. The molecular weight excluding hydrogens is 399 g/mol. The molecule has 0 heterocycles. The van der Waals surface area contributed by atoms with Crippen molar-refractivity contribution in [1.29, 1.82) is 0 Å². The number of anilines is 1. The van der Waals surface area contributed by atoms with Crippen molar-refractivity contribution < 1.29 is 17.9 Å². The van der Waals surface area contributed by atoms with Crippen molar-refractivity contribution in [3.05, 3.63) is 52.5 Å². The molecule has 0 atom stereocenters. The van der Waals surface area contributed by atoms with Crippen LogP contribution in [0.4, 0.5) is 5.69 Å². The zero-order chi connectivity index (χ0) is 19.5. The smallest absolute Gasteiger partial charge is 0.244 e. The van der Waals surface area contributed by atoms with Gasteiger partial charge in [-0.1, -0.05) is 23.2 Å². The van der Waals surface area contributed by atoms with Crippen molar-refractivity contribution in [3.63, 3.8) is 0 Å². The summed E-state index contributed by atoms with van der Waals surface area (Å²) in [6, 6.07) is 11.0. The van der Waals surface area contributed by atoms with Crippen LogP contribution in [-0.4, -0.2) is 46.4 Å². The number of methoxy groups -OCH3 is 1. The van der Waals surface area contributed by atoms with E-state index in [0.717, 1.165) is 4.31 Å². The van der Waals surface area contributed by atoms with E-state index in [4.69, 9.17) is 27.9 Å². The number of carbonyl (C=O) groups is 1. The molecule has 0 aliphatic heterocycles. The second-order valence-electron chi connectivity index (χ2n) is 5.49. The Balaban J connectivity index is 2.17. The van der Waals surface area contributed by atoms with Crippen LogP contribution < -0.4 is 9.64 Å². The van der Waals surface area contributed by atoms with Gasteiger partial charge in [-0.15, -0.1) is 0 Å². The van der Waals surface area contributed by atoms with Crippen LogP contribution in [0.3, 0.4) is 0 Å². The first kappa shape index (κ1) is 20.5. The third-order valence-corrected chi connectivity index (χ3v) is 6.29. The quantitative estimate of drug-likeness (QED) is 0.724. The fourth-order valence-electron chi connectivity index (χ4n) is 2.17. The number of sulfonamides is 1. The summed E-state index contributed by atoms with van der Waals surface area (Å²) in [7, 11) is 0.460. The molecule has 0 aliphatic carbocycles. The van der Waals surface area contributed by atoms with Gasteiger partial charge in [0.05, 0.1) is 18.7 Å². The monoisotopic (exact) mass is 416 g/mol. The lowest BCUT2D eigenvalue weighted by molar-refractivity contribution is -0.118. The Labute approximate surface area is 162 Å². The maximum atomic E-state index is 12.7. The summed E-state index contributed by atoms with van der Waals surface area (Å²) >= 11 is 11.8. The van der Waals surface area contributed by atoms with Crippen molar-refractivity contribution >= 4 is 44.8 Å². The molecule has 0 aromatic heterocycles. The van der Waals surface area contributed by atoms with E-state index in [9.17, 15) is 13.2 Å². The van der Waals surface area contributed by atoms with E-state index in [1.54, 1.807) is 38.4 Å². The van der Waals surface area contributed by atoms with Gasteiger partial charge in [-0.3, -0.25) is 4.79 Å². The standard InChI is InChI=1S/C17H18Cl2N2O4S/c1-20(26(23,24)16-10-12(18)4-9-15(16)19)11-17(22)21(2)13-5-7-14(25-3)8-6-13/h4-10H,11H2,1-3H3. The largest absolute Gasteiger partial charge is 0.497 e. The number of carbonyl (C=O) groups excluding carboxylic acids is 1. The first-order valence-corrected chi connectivity index (χ1v) is 9.68. The molecule has 0 N–H and O–H groups in total. The highest BCUT2D eigenvalue weighted by Crippen LogP contribution is 2.27. The van der Waals surface area contributed by atoms with Crippen LogP contribution in [-0.2, 0) is 14.8 Å². The molecule has 26 heavy (non-hydrogen) atoms. The van der Waals surface area contributed by atoms with Gasteiger partial charge in [-0.2, -0.15) is 4.31 Å². The second kappa shape index (κ2) is 8.26. The van der Waals surface area contributed by atoms with Gasteiger partial charge in [0.2, 0.25) is 15.9 Å². The van der Waals surface area contributed by atoms with Crippen LogP contribution >= 0.6 is 23.2 Å². The van der Waals surface area contributed by atoms with Crippen LogP contribution in [0.15, 0.2) is 47.4 Å². The predicted octanol–water partition coefficient (Wildman–Crippen LogP) is 3.29. The average Bonchev–Trinajstić information content (AvgIpc) is 2.62. The Bertz CT molecular complexity index is 901. The summed E-state index contributed by atoms with van der Waals surface area (Å²) in [6.07, 6.45) is 0. The molecule has 0 radical (unpaired) electrons. The first-order chi connectivity index (χ1) is 12.2. The minimum atomic E-state index is -3.96. The van der Waals surface area contributed by atoms with Gasteiger partial charge in [0.1, 0.15) is 10.6 Å². The first-order valence-electron chi connectivity index (χ1n) is 7.49. The van der Waals surface area contributed by atoms with Gasteiger partial charge in [-0.05, 0) is 42.5 Å². The van der Waals surface area contributed by atoms with Crippen LogP contribution in [0.1, 0.15) is 0 Å². The number of likely N-dealkylation sites (N-methyl/N-ethyl adjacent to an activating group) is 2. The maximum Gasteiger partial charge on any atom is 0.244 e. The zero-order valence-corrected chi connectivity index (χ0v) is 16.8. The lowest BCUT2D eigenvalue weighted by Crippen LogP contribution is -2.39. The minimum absolute atomic E-state index is 0.0391. The third-order valence-electron chi connectivity index (χ3n) is 3.77. The van der Waals surface area contributed by atoms with Crippen molar-refractivity contribution in [2.24, 2.45) is 0 Å². The molecule has 0 aliphatic rings. The van der Waals surface area contributed by atoms with Crippen molar-refractivity contribution in [3.8, 4) is 5.75 Å². The maximum absolute atomic E-state index is 12.7. The Morgan fingerprint density at radius 1 is 1.08 bits per heavy atom. The number of halogens is 2. The highest BCUT2D eigenvalue weighted by molar-refractivity contribution is 7.89. The summed E-state index contributed by atoms with van der Waals surface area (Å²) in [5.41, 5.74) is 0.613. The van der Waals surface area contributed by atoms with Crippen LogP contribution in [0.5, 0.6) is 5.75 Å². The topological polar surface area (TPSA) is 66.9 Å². The average molecular weight is 417 g/mol. The van der Waals surface area contributed by atoms with Crippen LogP contribution in [0.2, 0.25) is 10.0 Å². The van der Waals surface area contributed by atoms with Gasteiger partial charge in [0.15, 0.2) is 0 Å². The number of hydrogen-bond acceptors (Lipinski definition) is 4. The molecule has 2 aromatic rings. The van der Waals surface area contributed by atoms with Crippen molar-refractivity contribution in [1.82, 2.24) is 4.31 Å². The summed E-state index contributed by atoms with van der Waals surface area (Å²) in [4.78, 5) is 13.7. The van der Waals surface area contributed by atoms with Crippen molar-refractivity contribution in [2.75, 3.05) is 32.6 Å². The van der Waals surface area contributed by atoms with Gasteiger partial charge in [-0.25, -0.2) is 8.42 Å². The number of rotatable bonds is 6. The van der Waals surface area contributed by atoms with Gasteiger partial charge >= 0.3 is 0 Å². The molecule has 1 amide bonds. The molecule has 2 rings (SSSR count). The van der Waals surface area contributed by atoms with Crippen LogP contribution in [0.25, 0.3) is 0 Å². The summed E-state index contributed by atoms with van der Waals surface area (Å²) in [5.74, 6) is 0.254. The van der Waals surface area contributed by atoms with Gasteiger partial charge in [0.25, 0.3) is 0 Å². The van der Waals surface area contributed by atoms with E-state index in [1.807, 2.05) is 0 Å². The second-order valence-corrected chi connectivity index (χ2v) is 8.34. The molecule has 0 saturated heterocycles. The number of amides is 1. The van der Waals surface area contributed by atoms with Gasteiger partial charge in [0, 0.05) is 24.8 Å². The highest BCUT2D eigenvalue weighted by Gasteiger charge is 2.27. The lowest BCUT2D eigenvalue weighted by Gasteiger charge is -2.22. The van der Waals surface area contributed by atoms with E-state index in [0.29, 0.717) is 11.4 Å². The van der Waals surface area contributed by atoms with Crippen molar-refractivity contribution in [2.45, 2.75) is 4.90 Å². The molecule has 9 heteroatoms. The fourth-order valence-corrected chi connectivity index (χ4v) is 4.03. The number of hydrogen-bond donors (Lipinski definition) is 0. The number of ether oxygens (including phenoxy) is 1. The zero-order valence-electron chi connectivity index (χ0n) is 14.4. The van der Waals surface area contributed by atoms with E-state index in [1.165, 1.54) is 30.1 Å². The van der Waals surface area contributed by atoms with E-state index in [-0.39, 0.29) is 21.5 Å². The van der Waals surface area contributed by atoms with Crippen LogP contribution in [0, 0.1) is 0 Å². The predicted molar refractivity (Wildman–Crippen MR) is 103 cm³/mol. The lowest BCUT2D eigenvalue weighted by atomic mass is 10.3. The highest BCUT2D eigenvalue weighted by atomic mass is 35.5. The van der Waals surface area contributed by atoms with E-state index in [2.05, 4.69) is 0 Å². The summed E-state index contributed by atoms with van der Waals surface area (Å²) in [6.45, 7) is -0.353. The molecular formula is C17H18Cl2N2O4S. The van der Waals surface area contributed by atoms with Gasteiger partial charge < -0.3 is 9.64 Å². The molecule has 0 unspecified atom stereocenters.